The molecule has 3 N–H and O–H groups in total. The number of nitrogens with two attached hydrogens (primary N) is 1. The number of benzene rings is 2. The van der Waals surface area contributed by atoms with Gasteiger partial charge in [0.25, 0.3) is 15.7 Å². The van der Waals surface area contributed by atoms with E-state index in [0.717, 1.165) is 11.6 Å². The Kier molecular flexibility index (Phi) is 4.05. The third-order valence-electron chi connectivity index (χ3n) is 3.15. The molecule has 2 aromatic rings. The molecular weight excluding hydrogens is 306 g/mol. The number of aryl methyl sites for hydroxylation is 2. The molecule has 8 heteroatoms. The number of nitrogens with one attached hydrogen (secondary N) is 1. The lowest BCUT2D eigenvalue weighted by Gasteiger charge is -2.11. The molecule has 0 unspecified atom stereocenters. The first-order valence-corrected chi connectivity index (χ1v) is 7.83. The molecule has 0 heterocycles. The number of rotatable bonds is 4. The summed E-state index contributed by atoms with van der Waals surface area (Å²) in [5.74, 6) is 0. The number of nitro benzene ring substituents is 1. The minimum absolute atomic E-state index is 0.0132. The zero-order valence-corrected chi connectivity index (χ0v) is 12.8. The molecule has 0 radical (unpaired) electrons. The summed E-state index contributed by atoms with van der Waals surface area (Å²) in [6.45, 7) is 3.46. The van der Waals surface area contributed by atoms with Crippen molar-refractivity contribution in [3.63, 3.8) is 0 Å². The minimum atomic E-state index is -3.82. The van der Waals surface area contributed by atoms with Gasteiger partial charge in [-0.1, -0.05) is 17.7 Å². The van der Waals surface area contributed by atoms with Crippen LogP contribution < -0.4 is 10.5 Å². The van der Waals surface area contributed by atoms with Gasteiger partial charge in [-0.25, -0.2) is 8.42 Å². The van der Waals surface area contributed by atoms with Gasteiger partial charge in [0.1, 0.15) is 5.69 Å². The largest absolute Gasteiger partial charge is 0.393 e. The van der Waals surface area contributed by atoms with E-state index in [1.807, 2.05) is 6.92 Å². The highest BCUT2D eigenvalue weighted by Crippen LogP contribution is 2.30. The van der Waals surface area contributed by atoms with Gasteiger partial charge in [-0.3, -0.25) is 14.8 Å². The van der Waals surface area contributed by atoms with Gasteiger partial charge in [0, 0.05) is 6.07 Å². The maximum atomic E-state index is 12.3. The van der Waals surface area contributed by atoms with Crippen molar-refractivity contribution in [3.8, 4) is 0 Å². The standard InChI is InChI=1S/C14H15N3O4S/c1-9-3-5-11(6-4-9)22(20,21)16-13-8-14(17(18)19)12(15)7-10(13)2/h3-8,16H,15H2,1-2H3. The zero-order chi connectivity index (χ0) is 16.5. The fourth-order valence-electron chi connectivity index (χ4n) is 1.91. The molecular formula is C14H15N3O4S. The normalized spacial score (nSPS) is 11.2. The molecule has 7 nitrogen and oxygen atoms in total. The van der Waals surface area contributed by atoms with Crippen LogP contribution in [0.4, 0.5) is 17.1 Å². The van der Waals surface area contributed by atoms with Crippen LogP contribution in [0.15, 0.2) is 41.3 Å². The van der Waals surface area contributed by atoms with Crippen molar-refractivity contribution >= 4 is 27.1 Å². The summed E-state index contributed by atoms with van der Waals surface area (Å²) in [5, 5.41) is 10.9. The first kappa shape index (κ1) is 15.8. The van der Waals surface area contributed by atoms with Gasteiger partial charge in [0.15, 0.2) is 0 Å². The molecule has 0 spiro atoms. The van der Waals surface area contributed by atoms with Gasteiger partial charge in [0.2, 0.25) is 0 Å². The lowest BCUT2D eigenvalue weighted by atomic mass is 10.1. The third-order valence-corrected chi connectivity index (χ3v) is 4.53. The maximum absolute atomic E-state index is 12.3. The average molecular weight is 321 g/mol. The Morgan fingerprint density at radius 1 is 1.14 bits per heavy atom. The molecule has 0 atom stereocenters. The first-order valence-electron chi connectivity index (χ1n) is 6.35. The third kappa shape index (κ3) is 3.17. The van der Waals surface area contributed by atoms with E-state index in [4.69, 9.17) is 5.73 Å². The molecule has 0 aliphatic carbocycles. The van der Waals surface area contributed by atoms with E-state index < -0.39 is 14.9 Å². The molecule has 116 valence electrons. The molecule has 0 fully saturated rings. The maximum Gasteiger partial charge on any atom is 0.294 e. The summed E-state index contributed by atoms with van der Waals surface area (Å²) in [4.78, 5) is 10.3. The molecule has 0 bridgehead atoms. The van der Waals surface area contributed by atoms with Crippen LogP contribution in [-0.4, -0.2) is 13.3 Å². The van der Waals surface area contributed by atoms with Crippen LogP contribution >= 0.6 is 0 Å². The molecule has 0 saturated carbocycles. The Labute approximate surface area is 128 Å². The molecule has 0 aliphatic heterocycles. The van der Waals surface area contributed by atoms with Crippen molar-refractivity contribution in [1.29, 1.82) is 0 Å². The number of nitrogens with zero attached hydrogens (tertiary/aromatic N) is 1. The highest BCUT2D eigenvalue weighted by Gasteiger charge is 2.19. The highest BCUT2D eigenvalue weighted by atomic mass is 32.2. The van der Waals surface area contributed by atoms with Crippen LogP contribution in [0.2, 0.25) is 0 Å². The van der Waals surface area contributed by atoms with Gasteiger partial charge >= 0.3 is 0 Å². The topological polar surface area (TPSA) is 115 Å². The molecule has 0 saturated heterocycles. The molecule has 0 aliphatic rings. The van der Waals surface area contributed by atoms with Crippen LogP contribution in [0, 0.1) is 24.0 Å². The molecule has 0 amide bonds. The fourth-order valence-corrected chi connectivity index (χ4v) is 3.03. The quantitative estimate of drug-likeness (QED) is 0.510. The summed E-state index contributed by atoms with van der Waals surface area (Å²) in [6, 6.07) is 8.78. The van der Waals surface area contributed by atoms with E-state index in [1.165, 1.54) is 18.2 Å². The van der Waals surface area contributed by atoms with Gasteiger partial charge < -0.3 is 5.73 Å². The SMILES string of the molecule is Cc1ccc(S(=O)(=O)Nc2cc([N+](=O)[O-])c(N)cc2C)cc1. The number of hydrogen-bond donors (Lipinski definition) is 2. The summed E-state index contributed by atoms with van der Waals surface area (Å²) < 4.78 is 27.0. The number of sulfonamides is 1. The van der Waals surface area contributed by atoms with Crippen LogP contribution in [0.5, 0.6) is 0 Å². The van der Waals surface area contributed by atoms with Crippen molar-refractivity contribution in [3.05, 3.63) is 57.6 Å². The summed E-state index contributed by atoms with van der Waals surface area (Å²) in [6.07, 6.45) is 0. The number of hydrogen-bond acceptors (Lipinski definition) is 5. The second-order valence-corrected chi connectivity index (χ2v) is 6.58. The van der Waals surface area contributed by atoms with Crippen LogP contribution in [-0.2, 0) is 10.0 Å². The number of nitro groups is 1. The average Bonchev–Trinajstić information content (AvgIpc) is 2.41. The first-order chi connectivity index (χ1) is 10.2. The lowest BCUT2D eigenvalue weighted by molar-refractivity contribution is -0.383. The lowest BCUT2D eigenvalue weighted by Crippen LogP contribution is -2.14. The number of anilines is 2. The van der Waals surface area contributed by atoms with Crippen LogP contribution in [0.3, 0.4) is 0 Å². The summed E-state index contributed by atoms with van der Waals surface area (Å²) >= 11 is 0. The predicted octanol–water partition coefficient (Wildman–Crippen LogP) is 2.59. The molecule has 2 rings (SSSR count). The zero-order valence-electron chi connectivity index (χ0n) is 12.0. The van der Waals surface area contributed by atoms with Crippen molar-refractivity contribution < 1.29 is 13.3 Å². The van der Waals surface area contributed by atoms with E-state index >= 15 is 0 Å². The van der Waals surface area contributed by atoms with Crippen LogP contribution in [0.25, 0.3) is 0 Å². The van der Waals surface area contributed by atoms with Crippen molar-refractivity contribution in [1.82, 2.24) is 0 Å². The van der Waals surface area contributed by atoms with Gasteiger partial charge in [0.05, 0.1) is 15.5 Å². The Bertz CT molecular complexity index is 830. The molecule has 22 heavy (non-hydrogen) atoms. The van der Waals surface area contributed by atoms with Gasteiger partial charge in [-0.05, 0) is 37.6 Å². The van der Waals surface area contributed by atoms with E-state index in [1.54, 1.807) is 19.1 Å². The summed E-state index contributed by atoms with van der Waals surface area (Å²) in [5.41, 5.74) is 6.76. The second-order valence-electron chi connectivity index (χ2n) is 4.90. The smallest absolute Gasteiger partial charge is 0.294 e. The van der Waals surface area contributed by atoms with Crippen molar-refractivity contribution in [2.75, 3.05) is 10.5 Å². The predicted molar refractivity (Wildman–Crippen MR) is 84.2 cm³/mol. The minimum Gasteiger partial charge on any atom is -0.393 e. The van der Waals surface area contributed by atoms with Crippen molar-refractivity contribution in [2.24, 2.45) is 0 Å². The van der Waals surface area contributed by atoms with E-state index in [9.17, 15) is 18.5 Å². The van der Waals surface area contributed by atoms with E-state index in [2.05, 4.69) is 4.72 Å². The Morgan fingerprint density at radius 2 is 1.73 bits per heavy atom. The van der Waals surface area contributed by atoms with E-state index in [0.29, 0.717) is 5.56 Å². The van der Waals surface area contributed by atoms with E-state index in [-0.39, 0.29) is 22.0 Å². The fraction of sp³-hybridized carbons (Fsp3) is 0.143. The summed E-state index contributed by atoms with van der Waals surface area (Å²) in [7, 11) is -3.82. The van der Waals surface area contributed by atoms with Gasteiger partial charge in [-0.15, -0.1) is 0 Å². The highest BCUT2D eigenvalue weighted by molar-refractivity contribution is 7.92. The van der Waals surface area contributed by atoms with Gasteiger partial charge in [-0.2, -0.15) is 0 Å². The monoisotopic (exact) mass is 321 g/mol. The Hall–Kier alpha value is -2.61. The number of nitrogen functional groups attached to an aromatic ring is 1. The van der Waals surface area contributed by atoms with Crippen molar-refractivity contribution in [2.45, 2.75) is 18.7 Å². The van der Waals surface area contributed by atoms with Crippen LogP contribution in [0.1, 0.15) is 11.1 Å². The second kappa shape index (κ2) is 5.64. The Morgan fingerprint density at radius 3 is 2.27 bits per heavy atom. The molecule has 0 aromatic heterocycles. The molecule has 2 aromatic carbocycles. The Balaban J connectivity index is 2.43.